The normalized spacial score (nSPS) is 13.8. The van der Waals surface area contributed by atoms with Crippen LogP contribution in [-0.4, -0.2) is 5.44 Å². The van der Waals surface area contributed by atoms with Gasteiger partial charge in [-0.2, -0.15) is 0 Å². The monoisotopic (exact) mass is 554 g/mol. The quantitative estimate of drug-likeness (QED) is 0.199. The second-order valence-corrected chi connectivity index (χ2v) is 22.7. The topological polar surface area (TPSA) is 0 Å². The first-order valence-electron chi connectivity index (χ1n) is 2.34. The third-order valence-corrected chi connectivity index (χ3v) is 4.83. The molecule has 0 spiro atoms. The lowest BCUT2D eigenvalue weighted by Gasteiger charge is -2.14. The highest BCUT2D eigenvalue weighted by atomic mass is 127. The SMILES string of the molecule is Cl[Si](Cl)(Cl)CCC(I)(I)I. The van der Waals surface area contributed by atoms with Gasteiger partial charge in [0.25, 0.3) is 0 Å². The first-order chi connectivity index (χ1) is 4.21. The number of hydrogen-bond donors (Lipinski definition) is 0. The third kappa shape index (κ3) is 11.3. The van der Waals surface area contributed by atoms with E-state index in [9.17, 15) is 0 Å². The zero-order chi connectivity index (χ0) is 8.41. The van der Waals surface area contributed by atoms with Crippen LogP contribution in [0.4, 0.5) is 0 Å². The molecule has 62 valence electrons. The van der Waals surface area contributed by atoms with Crippen LogP contribution >= 0.6 is 101 Å². The molecule has 0 N–H and O–H groups in total. The second-order valence-electron chi connectivity index (χ2n) is 1.73. The molecular formula is C3H4Cl3I3Si. The molecule has 0 amide bonds. The van der Waals surface area contributed by atoms with Crippen LogP contribution in [0.2, 0.25) is 6.04 Å². The first kappa shape index (κ1) is 13.3. The smallest absolute Gasteiger partial charge is 0.126 e. The molecule has 0 radical (unpaired) electrons. The van der Waals surface area contributed by atoms with Crippen molar-refractivity contribution >= 4 is 107 Å². The number of alkyl halides is 3. The van der Waals surface area contributed by atoms with Crippen molar-refractivity contribution in [2.75, 3.05) is 0 Å². The van der Waals surface area contributed by atoms with Crippen molar-refractivity contribution < 1.29 is 0 Å². The predicted molar refractivity (Wildman–Crippen MR) is 77.5 cm³/mol. The highest BCUT2D eigenvalue weighted by molar-refractivity contribution is 14.3. The summed E-state index contributed by atoms with van der Waals surface area (Å²) in [5.41, 5.74) is 0. The van der Waals surface area contributed by atoms with Gasteiger partial charge in [0.15, 0.2) is 0 Å². The van der Waals surface area contributed by atoms with Crippen LogP contribution in [0.15, 0.2) is 0 Å². The van der Waals surface area contributed by atoms with E-state index in [1.165, 1.54) is 0 Å². The van der Waals surface area contributed by atoms with E-state index in [-0.39, 0.29) is -0.565 Å². The minimum absolute atomic E-state index is 0.199. The predicted octanol–water partition coefficient (Wildman–Crippen LogP) is 4.99. The van der Waals surface area contributed by atoms with E-state index < -0.39 is 6.00 Å². The molecule has 0 saturated carbocycles. The molecule has 7 heteroatoms. The summed E-state index contributed by atoms with van der Waals surface area (Å²) in [5.74, 6) is 0. The molecule has 0 atom stereocenters. The van der Waals surface area contributed by atoms with Gasteiger partial charge in [-0.25, -0.2) is 0 Å². The maximum atomic E-state index is 5.70. The van der Waals surface area contributed by atoms with E-state index in [2.05, 4.69) is 67.8 Å². The van der Waals surface area contributed by atoms with Crippen molar-refractivity contribution in [2.24, 2.45) is 0 Å². The molecule has 0 saturated heterocycles. The van der Waals surface area contributed by atoms with Crippen molar-refractivity contribution in [3.63, 3.8) is 0 Å². The first-order valence-corrected chi connectivity index (χ1v) is 10.8. The van der Waals surface area contributed by atoms with Crippen molar-refractivity contribution in [1.82, 2.24) is 0 Å². The minimum atomic E-state index is -2.36. The maximum absolute atomic E-state index is 5.70. The molecule has 0 aromatic carbocycles. The molecule has 0 aliphatic carbocycles. The van der Waals surface area contributed by atoms with E-state index in [1.807, 2.05) is 0 Å². The maximum Gasteiger partial charge on any atom is 0.341 e. The minimum Gasteiger partial charge on any atom is -0.126 e. The fraction of sp³-hybridized carbons (Fsp3) is 1.00. The highest BCUT2D eigenvalue weighted by Gasteiger charge is 2.29. The van der Waals surface area contributed by atoms with Crippen molar-refractivity contribution in [3.8, 4) is 0 Å². The van der Waals surface area contributed by atoms with Crippen LogP contribution in [-0.2, 0) is 0 Å². The Morgan fingerprint density at radius 1 is 1.10 bits per heavy atom. The van der Waals surface area contributed by atoms with Gasteiger partial charge < -0.3 is 0 Å². The number of hydrogen-bond acceptors (Lipinski definition) is 0. The molecular weight excluding hydrogens is 551 g/mol. The van der Waals surface area contributed by atoms with Crippen molar-refractivity contribution in [1.29, 1.82) is 0 Å². The van der Waals surface area contributed by atoms with Gasteiger partial charge in [-0.15, -0.1) is 33.2 Å². The Kier molecular flexibility index (Phi) is 6.94. The molecule has 0 bridgehead atoms. The van der Waals surface area contributed by atoms with Gasteiger partial charge in [0.05, 0.1) is 0 Å². The van der Waals surface area contributed by atoms with Crippen molar-refractivity contribution in [3.05, 3.63) is 0 Å². The number of halogens is 6. The molecule has 0 aromatic heterocycles. The average Bonchev–Trinajstić information content (AvgIpc) is 1.57. The summed E-state index contributed by atoms with van der Waals surface area (Å²) in [4.78, 5) is 0. The molecule has 0 aliphatic heterocycles. The van der Waals surface area contributed by atoms with Crippen LogP contribution < -0.4 is 0 Å². The lowest BCUT2D eigenvalue weighted by atomic mass is 10.6. The Hall–Kier alpha value is 3.28. The summed E-state index contributed by atoms with van der Waals surface area (Å²) in [7, 11) is 0. The molecule has 0 rings (SSSR count). The molecule has 0 aliphatic rings. The average molecular weight is 555 g/mol. The summed E-state index contributed by atoms with van der Waals surface area (Å²) >= 11 is 24.1. The summed E-state index contributed by atoms with van der Waals surface area (Å²) in [5, 5.41) is 0. The summed E-state index contributed by atoms with van der Waals surface area (Å²) in [6.45, 7) is 0. The van der Waals surface area contributed by atoms with E-state index in [0.29, 0.717) is 0 Å². The van der Waals surface area contributed by atoms with Gasteiger partial charge in [0, 0.05) is 0 Å². The van der Waals surface area contributed by atoms with Crippen LogP contribution in [0.1, 0.15) is 6.42 Å². The molecule has 0 nitrogen and oxygen atoms in total. The molecule has 0 unspecified atom stereocenters. The lowest BCUT2D eigenvalue weighted by Crippen LogP contribution is -2.12. The van der Waals surface area contributed by atoms with Crippen LogP contribution in [0.3, 0.4) is 0 Å². The van der Waals surface area contributed by atoms with Gasteiger partial charge in [-0.3, -0.25) is 0 Å². The molecule has 0 heterocycles. The fourth-order valence-corrected chi connectivity index (χ4v) is 4.13. The van der Waals surface area contributed by atoms with E-state index in [0.717, 1.165) is 12.5 Å². The van der Waals surface area contributed by atoms with E-state index >= 15 is 0 Å². The Bertz CT molecular complexity index is 92.5. The number of rotatable bonds is 3. The third-order valence-electron chi connectivity index (χ3n) is 0.692. The van der Waals surface area contributed by atoms with Crippen LogP contribution in [0.25, 0.3) is 0 Å². The zero-order valence-corrected chi connectivity index (χ0v) is 14.4. The lowest BCUT2D eigenvalue weighted by molar-refractivity contribution is 1.07. The van der Waals surface area contributed by atoms with Gasteiger partial charge >= 0.3 is 6.00 Å². The Morgan fingerprint density at radius 3 is 1.60 bits per heavy atom. The van der Waals surface area contributed by atoms with E-state index in [1.54, 1.807) is 0 Å². The van der Waals surface area contributed by atoms with Gasteiger partial charge in [-0.1, -0.05) is 67.8 Å². The van der Waals surface area contributed by atoms with E-state index in [4.69, 9.17) is 33.2 Å². The largest absolute Gasteiger partial charge is 0.341 e. The van der Waals surface area contributed by atoms with Gasteiger partial charge in [-0.05, 0) is 12.5 Å². The molecule has 0 fully saturated rings. The molecule has 0 aromatic rings. The summed E-state index contributed by atoms with van der Waals surface area (Å²) < 4.78 is 0.199. The Labute approximate surface area is 117 Å². The standard InChI is InChI=1S/C3H4Cl3I3Si/c4-10(5,6)2-1-3(7,8)9/h1-2H2. The molecule has 10 heavy (non-hydrogen) atoms. The summed E-state index contributed by atoms with van der Waals surface area (Å²) in [6, 6.07) is -1.62. The second kappa shape index (κ2) is 5.23. The highest BCUT2D eigenvalue weighted by Crippen LogP contribution is 2.43. The van der Waals surface area contributed by atoms with Gasteiger partial charge in [0.2, 0.25) is 0 Å². The summed E-state index contributed by atoms with van der Waals surface area (Å²) in [6.07, 6.45) is 0.956. The van der Waals surface area contributed by atoms with Crippen LogP contribution in [0.5, 0.6) is 0 Å². The van der Waals surface area contributed by atoms with Crippen molar-refractivity contribution in [2.45, 2.75) is 11.9 Å². The fourth-order valence-electron chi connectivity index (χ4n) is 0.283. The zero-order valence-electron chi connectivity index (χ0n) is 4.68. The Balaban J connectivity index is 3.56. The Morgan fingerprint density at radius 2 is 1.50 bits per heavy atom. The van der Waals surface area contributed by atoms with Gasteiger partial charge in [0.1, 0.15) is -0.565 Å². The van der Waals surface area contributed by atoms with Crippen LogP contribution in [0, 0.1) is 0 Å².